The summed E-state index contributed by atoms with van der Waals surface area (Å²) in [5.41, 5.74) is -1.07. The van der Waals surface area contributed by atoms with Crippen LogP contribution in [0.5, 0.6) is 0 Å². The lowest BCUT2D eigenvalue weighted by atomic mass is 9.83. The van der Waals surface area contributed by atoms with Gasteiger partial charge in [-0.2, -0.15) is 0 Å². The Bertz CT molecular complexity index is 371. The molecule has 1 saturated carbocycles. The van der Waals surface area contributed by atoms with Crippen LogP contribution in [0, 0.1) is 5.92 Å². The first-order chi connectivity index (χ1) is 8.71. The molecule has 0 aromatic rings. The lowest BCUT2D eigenvalue weighted by molar-refractivity contribution is -0.135. The molecule has 0 saturated heterocycles. The third-order valence-corrected chi connectivity index (χ3v) is 3.56. The number of hydrogen-bond acceptors (Lipinski definition) is 2. The van der Waals surface area contributed by atoms with Gasteiger partial charge in [-0.05, 0) is 46.0 Å². The summed E-state index contributed by atoms with van der Waals surface area (Å²) >= 11 is 0. The Kier molecular flexibility index (Phi) is 4.77. The van der Waals surface area contributed by atoms with E-state index in [1.165, 1.54) is 6.92 Å². The molecule has 2 unspecified atom stereocenters. The summed E-state index contributed by atoms with van der Waals surface area (Å²) in [6, 6.07) is 0. The molecule has 0 bridgehead atoms. The standard InChI is InChI=1S/C15H26N2O2/c1-6-8-12-9-7-10-15(12,16-11(2)18)13(19)17-14(3,4)5/h6,12H,1,7-10H2,2-5H3,(H,16,18)(H,17,19). The van der Waals surface area contributed by atoms with Crippen LogP contribution in [0.1, 0.15) is 53.4 Å². The highest BCUT2D eigenvalue weighted by Gasteiger charge is 2.49. The van der Waals surface area contributed by atoms with E-state index in [-0.39, 0.29) is 23.3 Å². The first kappa shape index (κ1) is 15.7. The minimum atomic E-state index is -0.771. The third-order valence-electron chi connectivity index (χ3n) is 3.56. The zero-order valence-electron chi connectivity index (χ0n) is 12.5. The predicted molar refractivity (Wildman–Crippen MR) is 76.6 cm³/mol. The van der Waals surface area contributed by atoms with Crippen molar-refractivity contribution in [3.05, 3.63) is 12.7 Å². The fourth-order valence-electron chi connectivity index (χ4n) is 2.88. The van der Waals surface area contributed by atoms with Crippen LogP contribution in [0.3, 0.4) is 0 Å². The molecule has 4 nitrogen and oxygen atoms in total. The maximum Gasteiger partial charge on any atom is 0.246 e. The molecule has 1 rings (SSSR count). The van der Waals surface area contributed by atoms with E-state index in [0.717, 1.165) is 19.3 Å². The van der Waals surface area contributed by atoms with Crippen LogP contribution in [0.25, 0.3) is 0 Å². The Hall–Kier alpha value is -1.32. The van der Waals surface area contributed by atoms with Gasteiger partial charge >= 0.3 is 0 Å². The van der Waals surface area contributed by atoms with Crippen molar-refractivity contribution in [1.82, 2.24) is 10.6 Å². The quantitative estimate of drug-likeness (QED) is 0.766. The number of hydrogen-bond donors (Lipinski definition) is 2. The number of allylic oxidation sites excluding steroid dienone is 1. The summed E-state index contributed by atoms with van der Waals surface area (Å²) in [6.45, 7) is 11.1. The van der Waals surface area contributed by atoms with E-state index in [0.29, 0.717) is 6.42 Å². The molecule has 2 atom stereocenters. The van der Waals surface area contributed by atoms with E-state index in [1.54, 1.807) is 0 Å². The van der Waals surface area contributed by atoms with Crippen LogP contribution < -0.4 is 10.6 Å². The van der Waals surface area contributed by atoms with E-state index in [1.807, 2.05) is 26.8 Å². The van der Waals surface area contributed by atoms with Crippen LogP contribution in [-0.2, 0) is 9.59 Å². The number of carbonyl (C=O) groups excluding carboxylic acids is 2. The summed E-state index contributed by atoms with van der Waals surface area (Å²) in [5.74, 6) is -0.0872. The molecule has 1 fully saturated rings. The Morgan fingerprint density at radius 2 is 2.05 bits per heavy atom. The van der Waals surface area contributed by atoms with Gasteiger partial charge in [0.25, 0.3) is 0 Å². The first-order valence-corrected chi connectivity index (χ1v) is 6.93. The maximum absolute atomic E-state index is 12.6. The van der Waals surface area contributed by atoms with Crippen molar-refractivity contribution >= 4 is 11.8 Å². The Morgan fingerprint density at radius 3 is 2.53 bits per heavy atom. The largest absolute Gasteiger partial charge is 0.349 e. The molecular weight excluding hydrogens is 240 g/mol. The van der Waals surface area contributed by atoms with Crippen LogP contribution in [0.2, 0.25) is 0 Å². The van der Waals surface area contributed by atoms with Crippen molar-refractivity contribution in [2.75, 3.05) is 0 Å². The van der Waals surface area contributed by atoms with Crippen LogP contribution in [0.4, 0.5) is 0 Å². The molecule has 108 valence electrons. The normalized spacial score (nSPS) is 26.8. The highest BCUT2D eigenvalue weighted by atomic mass is 16.2. The van der Waals surface area contributed by atoms with E-state index < -0.39 is 5.54 Å². The van der Waals surface area contributed by atoms with Gasteiger partial charge in [-0.15, -0.1) is 6.58 Å². The average Bonchev–Trinajstić information content (AvgIpc) is 2.60. The smallest absolute Gasteiger partial charge is 0.246 e. The zero-order chi connectivity index (χ0) is 14.7. The average molecular weight is 266 g/mol. The summed E-state index contributed by atoms with van der Waals surface area (Å²) in [4.78, 5) is 24.2. The van der Waals surface area contributed by atoms with Gasteiger partial charge in [0.05, 0.1) is 0 Å². The second kappa shape index (κ2) is 5.76. The van der Waals surface area contributed by atoms with E-state index in [4.69, 9.17) is 0 Å². The predicted octanol–water partition coefficient (Wildman–Crippen LogP) is 2.15. The summed E-state index contributed by atoms with van der Waals surface area (Å²) in [5, 5.41) is 5.92. The zero-order valence-corrected chi connectivity index (χ0v) is 12.5. The molecule has 0 aliphatic heterocycles. The highest BCUT2D eigenvalue weighted by Crippen LogP contribution is 2.38. The lowest BCUT2D eigenvalue weighted by Gasteiger charge is -2.37. The lowest BCUT2D eigenvalue weighted by Crippen LogP contribution is -2.63. The van der Waals surface area contributed by atoms with Crippen LogP contribution >= 0.6 is 0 Å². The molecule has 0 spiro atoms. The second-order valence-electron chi connectivity index (χ2n) is 6.47. The molecule has 4 heteroatoms. The summed E-state index contributed by atoms with van der Waals surface area (Å²) < 4.78 is 0. The van der Waals surface area contributed by atoms with Crippen molar-refractivity contribution in [3.63, 3.8) is 0 Å². The molecule has 2 N–H and O–H groups in total. The molecule has 19 heavy (non-hydrogen) atoms. The topological polar surface area (TPSA) is 58.2 Å². The molecule has 2 amide bonds. The monoisotopic (exact) mass is 266 g/mol. The van der Waals surface area contributed by atoms with Gasteiger partial charge in [0.1, 0.15) is 5.54 Å². The van der Waals surface area contributed by atoms with Gasteiger partial charge in [-0.1, -0.05) is 12.5 Å². The molecule has 0 aromatic carbocycles. The van der Waals surface area contributed by atoms with Gasteiger partial charge in [0, 0.05) is 12.5 Å². The minimum absolute atomic E-state index is 0.0699. The summed E-state index contributed by atoms with van der Waals surface area (Å²) in [6.07, 6.45) is 5.18. The number of amides is 2. The Morgan fingerprint density at radius 1 is 1.42 bits per heavy atom. The van der Waals surface area contributed by atoms with Gasteiger partial charge in [-0.3, -0.25) is 9.59 Å². The van der Waals surface area contributed by atoms with Crippen molar-refractivity contribution in [1.29, 1.82) is 0 Å². The Balaban J connectivity index is 3.01. The molecule has 0 aromatic heterocycles. The van der Waals surface area contributed by atoms with Gasteiger partial charge in [0.15, 0.2) is 0 Å². The van der Waals surface area contributed by atoms with E-state index in [2.05, 4.69) is 17.2 Å². The molecule has 1 aliphatic rings. The SMILES string of the molecule is C=CCC1CCCC1(NC(C)=O)C(=O)NC(C)(C)C. The number of nitrogens with one attached hydrogen (secondary N) is 2. The van der Waals surface area contributed by atoms with Crippen molar-refractivity contribution < 1.29 is 9.59 Å². The van der Waals surface area contributed by atoms with Gasteiger partial charge in [0.2, 0.25) is 11.8 Å². The molecule has 0 radical (unpaired) electrons. The highest BCUT2D eigenvalue weighted by molar-refractivity contribution is 5.92. The number of rotatable bonds is 4. The van der Waals surface area contributed by atoms with Gasteiger partial charge < -0.3 is 10.6 Å². The molecular formula is C15H26N2O2. The minimum Gasteiger partial charge on any atom is -0.349 e. The van der Waals surface area contributed by atoms with Crippen LogP contribution in [-0.4, -0.2) is 22.9 Å². The fraction of sp³-hybridized carbons (Fsp3) is 0.733. The fourth-order valence-corrected chi connectivity index (χ4v) is 2.88. The van der Waals surface area contributed by atoms with Crippen molar-refractivity contribution in [2.45, 2.75) is 64.5 Å². The van der Waals surface area contributed by atoms with Crippen molar-refractivity contribution in [2.24, 2.45) is 5.92 Å². The van der Waals surface area contributed by atoms with E-state index in [9.17, 15) is 9.59 Å². The molecule has 1 aliphatic carbocycles. The first-order valence-electron chi connectivity index (χ1n) is 6.93. The summed E-state index contributed by atoms with van der Waals surface area (Å²) in [7, 11) is 0. The second-order valence-corrected chi connectivity index (χ2v) is 6.47. The number of carbonyl (C=O) groups is 2. The third kappa shape index (κ3) is 3.82. The van der Waals surface area contributed by atoms with Crippen molar-refractivity contribution in [3.8, 4) is 0 Å². The van der Waals surface area contributed by atoms with Gasteiger partial charge in [-0.25, -0.2) is 0 Å². The Labute approximate surface area is 116 Å². The van der Waals surface area contributed by atoms with E-state index >= 15 is 0 Å². The van der Waals surface area contributed by atoms with Crippen LogP contribution in [0.15, 0.2) is 12.7 Å². The maximum atomic E-state index is 12.6. The molecule has 0 heterocycles.